The number of amides is 1. The summed E-state index contributed by atoms with van der Waals surface area (Å²) in [6.45, 7) is -0.0753. The second kappa shape index (κ2) is 6.61. The first kappa shape index (κ1) is 14.0. The maximum Gasteiger partial charge on any atom is 0.407 e. The number of allylic oxidation sites excluding steroid dienone is 1. The van der Waals surface area contributed by atoms with E-state index >= 15 is 0 Å². The average Bonchev–Trinajstić information content (AvgIpc) is 2.34. The van der Waals surface area contributed by atoms with Gasteiger partial charge >= 0.3 is 6.09 Å². The Bertz CT molecular complexity index is 274. The summed E-state index contributed by atoms with van der Waals surface area (Å²) in [7, 11) is 1.51. The van der Waals surface area contributed by atoms with Gasteiger partial charge in [0.15, 0.2) is 0 Å². The van der Waals surface area contributed by atoms with Gasteiger partial charge in [-0.1, -0.05) is 6.08 Å². The van der Waals surface area contributed by atoms with Crippen LogP contribution in [0.5, 0.6) is 0 Å². The fraction of sp³-hybridized carbons (Fsp3) is 0.750. The normalized spacial score (nSPS) is 25.5. The van der Waals surface area contributed by atoms with Crippen LogP contribution in [0.25, 0.3) is 0 Å². The summed E-state index contributed by atoms with van der Waals surface area (Å²) in [6, 6.07) is 0. The van der Waals surface area contributed by atoms with Crippen LogP contribution >= 0.6 is 0 Å². The topological polar surface area (TPSA) is 78.8 Å². The van der Waals surface area contributed by atoms with E-state index in [9.17, 15) is 15.0 Å². The Kier molecular flexibility index (Phi) is 5.44. The molecule has 17 heavy (non-hydrogen) atoms. The van der Waals surface area contributed by atoms with E-state index in [1.165, 1.54) is 7.05 Å². The van der Waals surface area contributed by atoms with Crippen molar-refractivity contribution < 1.29 is 19.7 Å². The number of aliphatic hydroxyl groups excluding tert-OH is 2. The summed E-state index contributed by atoms with van der Waals surface area (Å²) < 4.78 is 5.16. The van der Waals surface area contributed by atoms with Gasteiger partial charge in [-0.3, -0.25) is 0 Å². The highest BCUT2D eigenvalue weighted by Gasteiger charge is 2.30. The molecular weight excluding hydrogens is 222 g/mol. The number of ether oxygens (including phenoxy) is 1. The quantitative estimate of drug-likeness (QED) is 0.641. The molecule has 1 aliphatic carbocycles. The third-order valence-corrected chi connectivity index (χ3v) is 3.28. The van der Waals surface area contributed by atoms with Crippen molar-refractivity contribution >= 4 is 6.09 Å². The second-order valence-corrected chi connectivity index (χ2v) is 4.52. The monoisotopic (exact) mass is 243 g/mol. The number of rotatable bonds is 3. The zero-order valence-electron chi connectivity index (χ0n) is 10.2. The Balaban J connectivity index is 2.61. The standard InChI is InChI=1S/C12H21NO4/c1-13-11(16)17-10-4-2-3-6-12(8-14,9-15)7-5-10/h2,4,10,14-15H,3,5-9H2,1H3,(H,13,16)/b4-2+. The van der Waals surface area contributed by atoms with Gasteiger partial charge in [0.2, 0.25) is 0 Å². The van der Waals surface area contributed by atoms with Crippen molar-refractivity contribution in [2.45, 2.75) is 31.8 Å². The third kappa shape index (κ3) is 4.02. The smallest absolute Gasteiger partial charge is 0.407 e. The van der Waals surface area contributed by atoms with Crippen LogP contribution < -0.4 is 5.32 Å². The van der Waals surface area contributed by atoms with E-state index in [1.807, 2.05) is 12.2 Å². The summed E-state index contributed by atoms with van der Waals surface area (Å²) in [4.78, 5) is 11.1. The van der Waals surface area contributed by atoms with Gasteiger partial charge < -0.3 is 20.3 Å². The van der Waals surface area contributed by atoms with Gasteiger partial charge in [0.1, 0.15) is 6.10 Å². The molecule has 3 N–H and O–H groups in total. The van der Waals surface area contributed by atoms with Gasteiger partial charge in [-0.05, 0) is 31.8 Å². The van der Waals surface area contributed by atoms with Crippen LogP contribution in [0.4, 0.5) is 4.79 Å². The highest BCUT2D eigenvalue weighted by Crippen LogP contribution is 2.32. The zero-order valence-corrected chi connectivity index (χ0v) is 10.2. The molecule has 0 saturated carbocycles. The first-order valence-electron chi connectivity index (χ1n) is 5.92. The molecule has 0 fully saturated rings. The lowest BCUT2D eigenvalue weighted by molar-refractivity contribution is 0.0258. The number of alkyl carbamates (subject to hydrolysis) is 1. The van der Waals surface area contributed by atoms with Crippen molar-refractivity contribution in [1.29, 1.82) is 0 Å². The van der Waals surface area contributed by atoms with Crippen molar-refractivity contribution in [3.8, 4) is 0 Å². The van der Waals surface area contributed by atoms with Gasteiger partial charge in [0.25, 0.3) is 0 Å². The van der Waals surface area contributed by atoms with Crippen LogP contribution in [0.2, 0.25) is 0 Å². The predicted molar refractivity (Wildman–Crippen MR) is 63.5 cm³/mol. The minimum absolute atomic E-state index is 0.0377. The van der Waals surface area contributed by atoms with E-state index in [2.05, 4.69) is 5.32 Å². The molecule has 1 unspecified atom stereocenters. The van der Waals surface area contributed by atoms with E-state index in [0.29, 0.717) is 12.8 Å². The molecule has 0 aliphatic heterocycles. The Labute approximate surface area is 101 Å². The molecule has 0 bridgehead atoms. The van der Waals surface area contributed by atoms with Crippen LogP contribution in [0.1, 0.15) is 25.7 Å². The molecule has 0 aromatic carbocycles. The van der Waals surface area contributed by atoms with E-state index < -0.39 is 11.5 Å². The minimum Gasteiger partial charge on any atom is -0.442 e. The molecule has 0 radical (unpaired) electrons. The summed E-state index contributed by atoms with van der Waals surface area (Å²) in [5, 5.41) is 21.1. The predicted octanol–water partition coefficient (Wildman–Crippen LogP) is 0.812. The Morgan fingerprint density at radius 2 is 2.18 bits per heavy atom. The number of aliphatic hydroxyl groups is 2. The number of hydrogen-bond acceptors (Lipinski definition) is 4. The fourth-order valence-corrected chi connectivity index (χ4v) is 1.97. The SMILES string of the molecule is CNC(=O)OC1/C=C/CCC(CO)(CO)CC1. The summed E-state index contributed by atoms with van der Waals surface area (Å²) in [5.41, 5.74) is -0.449. The van der Waals surface area contributed by atoms with E-state index in [1.54, 1.807) is 0 Å². The molecule has 0 heterocycles. The molecular formula is C12H21NO4. The zero-order chi connectivity index (χ0) is 12.7. The Morgan fingerprint density at radius 1 is 1.47 bits per heavy atom. The molecule has 1 amide bonds. The first-order chi connectivity index (χ1) is 8.15. The average molecular weight is 243 g/mol. The van der Waals surface area contributed by atoms with Crippen molar-refractivity contribution in [3.05, 3.63) is 12.2 Å². The van der Waals surface area contributed by atoms with Crippen molar-refractivity contribution in [3.63, 3.8) is 0 Å². The lowest BCUT2D eigenvalue weighted by Crippen LogP contribution is -2.33. The molecule has 98 valence electrons. The van der Waals surface area contributed by atoms with Gasteiger partial charge in [-0.2, -0.15) is 0 Å². The van der Waals surface area contributed by atoms with Crippen LogP contribution in [0.15, 0.2) is 12.2 Å². The van der Waals surface area contributed by atoms with Crippen molar-refractivity contribution in [1.82, 2.24) is 5.32 Å². The summed E-state index contributed by atoms with van der Waals surface area (Å²) in [6.07, 6.45) is 5.85. The Morgan fingerprint density at radius 3 is 2.76 bits per heavy atom. The van der Waals surface area contributed by atoms with Crippen molar-refractivity contribution in [2.75, 3.05) is 20.3 Å². The molecule has 1 rings (SSSR count). The van der Waals surface area contributed by atoms with Gasteiger partial charge in [-0.25, -0.2) is 4.79 Å². The van der Waals surface area contributed by atoms with Gasteiger partial charge in [0, 0.05) is 12.5 Å². The molecule has 1 atom stereocenters. The Hall–Kier alpha value is -1.07. The van der Waals surface area contributed by atoms with E-state index in [-0.39, 0.29) is 19.3 Å². The highest BCUT2D eigenvalue weighted by molar-refractivity contribution is 5.67. The molecule has 0 aromatic heterocycles. The molecule has 0 spiro atoms. The van der Waals surface area contributed by atoms with Crippen LogP contribution in [0, 0.1) is 5.41 Å². The number of carbonyl (C=O) groups excluding carboxylic acids is 1. The summed E-state index contributed by atoms with van der Waals surface area (Å²) >= 11 is 0. The van der Waals surface area contributed by atoms with E-state index in [4.69, 9.17) is 4.74 Å². The second-order valence-electron chi connectivity index (χ2n) is 4.52. The first-order valence-corrected chi connectivity index (χ1v) is 5.92. The largest absolute Gasteiger partial charge is 0.442 e. The molecule has 5 nitrogen and oxygen atoms in total. The van der Waals surface area contributed by atoms with E-state index in [0.717, 1.165) is 12.8 Å². The maximum atomic E-state index is 11.1. The highest BCUT2D eigenvalue weighted by atomic mass is 16.6. The van der Waals surface area contributed by atoms with Gasteiger partial charge in [0.05, 0.1) is 13.2 Å². The summed E-state index contributed by atoms with van der Waals surface area (Å²) in [5.74, 6) is 0. The maximum absolute atomic E-state index is 11.1. The number of carbonyl (C=O) groups is 1. The molecule has 0 saturated heterocycles. The number of hydrogen-bond donors (Lipinski definition) is 3. The molecule has 0 aromatic rings. The fourth-order valence-electron chi connectivity index (χ4n) is 1.97. The van der Waals surface area contributed by atoms with Gasteiger partial charge in [-0.15, -0.1) is 0 Å². The third-order valence-electron chi connectivity index (χ3n) is 3.28. The lowest BCUT2D eigenvalue weighted by Gasteiger charge is -2.32. The van der Waals surface area contributed by atoms with Crippen LogP contribution in [-0.4, -0.2) is 42.7 Å². The molecule has 5 heteroatoms. The van der Waals surface area contributed by atoms with Crippen LogP contribution in [-0.2, 0) is 4.74 Å². The molecule has 1 aliphatic rings. The van der Waals surface area contributed by atoms with Crippen LogP contribution in [0.3, 0.4) is 0 Å². The lowest BCUT2D eigenvalue weighted by atomic mass is 9.78. The number of nitrogens with one attached hydrogen (secondary N) is 1. The minimum atomic E-state index is -0.459. The van der Waals surface area contributed by atoms with Crippen molar-refractivity contribution in [2.24, 2.45) is 5.41 Å².